The molecule has 1 N–H and O–H groups in total. The average Bonchev–Trinajstić information content (AvgIpc) is 2.75. The smallest absolute Gasteiger partial charge is 0.267 e. The molecule has 4 rings (SSSR count). The average molecular weight is 429 g/mol. The second-order valence-electron chi connectivity index (χ2n) is 6.42. The van der Waals surface area contributed by atoms with Gasteiger partial charge in [-0.2, -0.15) is 0 Å². The van der Waals surface area contributed by atoms with E-state index in [4.69, 9.17) is 16.3 Å². The van der Waals surface area contributed by atoms with Crippen molar-refractivity contribution in [1.29, 1.82) is 0 Å². The maximum Gasteiger partial charge on any atom is 0.267 e. The maximum atomic E-state index is 13.2. The maximum absolute atomic E-state index is 13.2. The summed E-state index contributed by atoms with van der Waals surface area (Å²) in [5, 5.41) is 3.28. The number of ether oxygens (including phenoxy) is 1. The van der Waals surface area contributed by atoms with Crippen LogP contribution < -0.4 is 14.4 Å². The molecular weight excluding hydrogens is 412 g/mol. The SMILES string of the molecule is O=C(Nc1ccc(Cl)cc1)[C@H]1CN(S(=O)(=O)c2ccccc2)c2ccccc2O1. The number of anilines is 2. The number of amides is 1. The molecule has 0 aliphatic carbocycles. The van der Waals surface area contributed by atoms with Crippen LogP contribution in [0.4, 0.5) is 11.4 Å². The number of carbonyl (C=O) groups is 1. The molecule has 0 saturated heterocycles. The van der Waals surface area contributed by atoms with E-state index in [2.05, 4.69) is 5.32 Å². The molecule has 0 aromatic heterocycles. The van der Waals surface area contributed by atoms with Crippen LogP contribution in [0.2, 0.25) is 5.02 Å². The number of hydrogen-bond donors (Lipinski definition) is 1. The van der Waals surface area contributed by atoms with Gasteiger partial charge in [-0.25, -0.2) is 8.42 Å². The number of carbonyl (C=O) groups excluding carboxylic acids is 1. The quantitative estimate of drug-likeness (QED) is 0.683. The molecule has 1 aliphatic rings. The summed E-state index contributed by atoms with van der Waals surface area (Å²) in [7, 11) is -3.86. The number of para-hydroxylation sites is 2. The summed E-state index contributed by atoms with van der Waals surface area (Å²) in [4.78, 5) is 12.9. The third-order valence-electron chi connectivity index (χ3n) is 4.47. The highest BCUT2D eigenvalue weighted by atomic mass is 35.5. The van der Waals surface area contributed by atoms with Gasteiger partial charge in [0, 0.05) is 10.7 Å². The van der Waals surface area contributed by atoms with Gasteiger partial charge in [-0.05, 0) is 48.5 Å². The largest absolute Gasteiger partial charge is 0.476 e. The molecule has 8 heteroatoms. The van der Waals surface area contributed by atoms with Gasteiger partial charge in [0.1, 0.15) is 5.75 Å². The number of halogens is 1. The van der Waals surface area contributed by atoms with E-state index in [9.17, 15) is 13.2 Å². The number of benzene rings is 3. The summed E-state index contributed by atoms with van der Waals surface area (Å²) in [5.74, 6) is -0.121. The first-order valence-electron chi connectivity index (χ1n) is 8.85. The highest BCUT2D eigenvalue weighted by Crippen LogP contribution is 2.36. The molecular formula is C21H17ClN2O4S. The second-order valence-corrected chi connectivity index (χ2v) is 8.72. The Kier molecular flexibility index (Phi) is 5.17. The van der Waals surface area contributed by atoms with Gasteiger partial charge in [0.15, 0.2) is 6.10 Å². The molecule has 6 nitrogen and oxygen atoms in total. The Balaban J connectivity index is 1.66. The molecule has 0 unspecified atom stereocenters. The zero-order valence-corrected chi connectivity index (χ0v) is 16.7. The van der Waals surface area contributed by atoms with E-state index in [1.54, 1.807) is 66.7 Å². The van der Waals surface area contributed by atoms with Crippen molar-refractivity contribution < 1.29 is 17.9 Å². The van der Waals surface area contributed by atoms with Crippen molar-refractivity contribution >= 4 is 38.9 Å². The van der Waals surface area contributed by atoms with Crippen LogP contribution in [0, 0.1) is 0 Å². The van der Waals surface area contributed by atoms with Gasteiger partial charge in [-0.3, -0.25) is 9.10 Å². The number of hydrogen-bond acceptors (Lipinski definition) is 4. The van der Waals surface area contributed by atoms with Crippen molar-refractivity contribution in [3.63, 3.8) is 0 Å². The third kappa shape index (κ3) is 3.92. The van der Waals surface area contributed by atoms with Crippen LogP contribution in [-0.4, -0.2) is 27.0 Å². The van der Waals surface area contributed by atoms with E-state index in [0.717, 1.165) is 0 Å². The summed E-state index contributed by atoms with van der Waals surface area (Å²) in [6, 6.07) is 21.5. The molecule has 3 aromatic rings. The Morgan fingerprint density at radius 1 is 0.966 bits per heavy atom. The lowest BCUT2D eigenvalue weighted by atomic mass is 10.2. The fraction of sp³-hybridized carbons (Fsp3) is 0.0952. The summed E-state index contributed by atoms with van der Waals surface area (Å²) in [6.45, 7) is -0.145. The molecule has 1 heterocycles. The second kappa shape index (κ2) is 7.77. The van der Waals surface area contributed by atoms with Crippen molar-refractivity contribution in [1.82, 2.24) is 0 Å². The number of rotatable bonds is 4. The summed E-state index contributed by atoms with van der Waals surface area (Å²) >= 11 is 5.87. The van der Waals surface area contributed by atoms with Gasteiger partial charge in [-0.15, -0.1) is 0 Å². The molecule has 0 saturated carbocycles. The third-order valence-corrected chi connectivity index (χ3v) is 6.52. The normalized spacial score (nSPS) is 15.9. The molecule has 0 fully saturated rings. The zero-order valence-electron chi connectivity index (χ0n) is 15.2. The topological polar surface area (TPSA) is 75.7 Å². The number of nitrogens with one attached hydrogen (secondary N) is 1. The van der Waals surface area contributed by atoms with Crippen LogP contribution in [0.5, 0.6) is 5.75 Å². The molecule has 1 atom stereocenters. The first-order chi connectivity index (χ1) is 13.9. The zero-order chi connectivity index (χ0) is 20.4. The Morgan fingerprint density at radius 3 is 2.34 bits per heavy atom. The van der Waals surface area contributed by atoms with Crippen LogP contribution in [0.1, 0.15) is 0 Å². The highest BCUT2D eigenvalue weighted by molar-refractivity contribution is 7.92. The Morgan fingerprint density at radius 2 is 1.62 bits per heavy atom. The van der Waals surface area contributed by atoms with E-state index in [1.807, 2.05) is 0 Å². The first kappa shape index (κ1) is 19.3. The molecule has 0 bridgehead atoms. The number of sulfonamides is 1. The van der Waals surface area contributed by atoms with Gasteiger partial charge in [-0.1, -0.05) is 41.9 Å². The molecule has 1 aliphatic heterocycles. The highest BCUT2D eigenvalue weighted by Gasteiger charge is 2.37. The Labute approximate surface area is 173 Å². The van der Waals surface area contributed by atoms with E-state index in [0.29, 0.717) is 22.1 Å². The molecule has 148 valence electrons. The molecule has 1 amide bonds. The summed E-state index contributed by atoms with van der Waals surface area (Å²) in [5.41, 5.74) is 0.936. The van der Waals surface area contributed by atoms with Crippen LogP contribution >= 0.6 is 11.6 Å². The van der Waals surface area contributed by atoms with Gasteiger partial charge < -0.3 is 10.1 Å². The van der Waals surface area contributed by atoms with Gasteiger partial charge in [0.25, 0.3) is 15.9 Å². The Bertz CT molecular complexity index is 1130. The minimum absolute atomic E-state index is 0.145. The monoisotopic (exact) mass is 428 g/mol. The Hall–Kier alpha value is -3.03. The van der Waals surface area contributed by atoms with Gasteiger partial charge in [0.05, 0.1) is 17.1 Å². The van der Waals surface area contributed by atoms with E-state index in [-0.39, 0.29) is 11.4 Å². The minimum atomic E-state index is -3.86. The van der Waals surface area contributed by atoms with Crippen molar-refractivity contribution in [3.8, 4) is 5.75 Å². The summed E-state index contributed by atoms with van der Waals surface area (Å²) in [6.07, 6.45) is -1.01. The number of nitrogens with zero attached hydrogens (tertiary/aromatic N) is 1. The predicted octanol–water partition coefficient (Wildman–Crippen LogP) is 3.94. The fourth-order valence-corrected chi connectivity index (χ4v) is 4.67. The van der Waals surface area contributed by atoms with Crippen molar-refractivity contribution in [3.05, 3.63) is 83.9 Å². The minimum Gasteiger partial charge on any atom is -0.476 e. The van der Waals surface area contributed by atoms with Crippen molar-refractivity contribution in [2.45, 2.75) is 11.0 Å². The van der Waals surface area contributed by atoms with E-state index >= 15 is 0 Å². The van der Waals surface area contributed by atoms with Gasteiger partial charge in [0.2, 0.25) is 0 Å². The van der Waals surface area contributed by atoms with Crippen LogP contribution in [0.3, 0.4) is 0 Å². The van der Waals surface area contributed by atoms with E-state index < -0.39 is 22.0 Å². The lowest BCUT2D eigenvalue weighted by molar-refractivity contribution is -0.122. The van der Waals surface area contributed by atoms with E-state index in [1.165, 1.54) is 16.4 Å². The first-order valence-corrected chi connectivity index (χ1v) is 10.7. The molecule has 3 aromatic carbocycles. The lowest BCUT2D eigenvalue weighted by Gasteiger charge is -2.34. The van der Waals surface area contributed by atoms with Crippen LogP contribution in [0.25, 0.3) is 0 Å². The van der Waals surface area contributed by atoms with Crippen molar-refractivity contribution in [2.24, 2.45) is 0 Å². The molecule has 29 heavy (non-hydrogen) atoms. The standard InChI is InChI=1S/C21H17ClN2O4S/c22-15-10-12-16(13-11-15)23-21(25)20-14-24(18-8-4-5-9-19(18)28-20)29(26,27)17-6-2-1-3-7-17/h1-13,20H,14H2,(H,23,25)/t20-/m1/s1. The fourth-order valence-electron chi connectivity index (χ4n) is 3.04. The molecule has 0 spiro atoms. The summed E-state index contributed by atoms with van der Waals surface area (Å²) < 4.78 is 33.5. The number of fused-ring (bicyclic) bond motifs is 1. The lowest BCUT2D eigenvalue weighted by Crippen LogP contribution is -2.48. The van der Waals surface area contributed by atoms with Crippen molar-refractivity contribution in [2.75, 3.05) is 16.2 Å². The molecule has 0 radical (unpaired) electrons. The van der Waals surface area contributed by atoms with Gasteiger partial charge >= 0.3 is 0 Å². The van der Waals surface area contributed by atoms with Crippen LogP contribution in [0.15, 0.2) is 83.8 Å². The van der Waals surface area contributed by atoms with Crippen LogP contribution in [-0.2, 0) is 14.8 Å². The predicted molar refractivity (Wildman–Crippen MR) is 112 cm³/mol.